The molecule has 2 rings (SSSR count). The van der Waals surface area contributed by atoms with E-state index in [2.05, 4.69) is 0 Å². The molecule has 0 saturated carbocycles. The van der Waals surface area contributed by atoms with E-state index in [0.29, 0.717) is 5.56 Å². The van der Waals surface area contributed by atoms with Gasteiger partial charge >= 0.3 is 5.97 Å². The second kappa shape index (κ2) is 7.18. The zero-order valence-electron chi connectivity index (χ0n) is 12.2. The number of nitriles is 1. The van der Waals surface area contributed by atoms with Crippen LogP contribution in [0.1, 0.15) is 26.3 Å². The SMILES string of the molecule is COc1ccc(C(=O)COC(=O)c2cccc(C#N)c2)cc1F. The molecule has 0 aliphatic rings. The molecule has 0 aliphatic heterocycles. The van der Waals surface area contributed by atoms with Gasteiger partial charge in [0.1, 0.15) is 0 Å². The average molecular weight is 313 g/mol. The van der Waals surface area contributed by atoms with E-state index in [1.807, 2.05) is 6.07 Å². The highest BCUT2D eigenvalue weighted by Crippen LogP contribution is 2.18. The van der Waals surface area contributed by atoms with Gasteiger partial charge in [0.15, 0.2) is 24.0 Å². The van der Waals surface area contributed by atoms with Crippen molar-refractivity contribution in [3.63, 3.8) is 0 Å². The molecule has 0 radical (unpaired) electrons. The summed E-state index contributed by atoms with van der Waals surface area (Å²) in [6.45, 7) is -0.526. The Morgan fingerprint density at radius 2 is 1.96 bits per heavy atom. The highest BCUT2D eigenvalue weighted by molar-refractivity contribution is 5.99. The van der Waals surface area contributed by atoms with Crippen LogP contribution in [0.25, 0.3) is 0 Å². The number of ether oxygens (including phenoxy) is 2. The average Bonchev–Trinajstić information content (AvgIpc) is 2.59. The van der Waals surface area contributed by atoms with Gasteiger partial charge in [-0.2, -0.15) is 5.26 Å². The monoisotopic (exact) mass is 313 g/mol. The number of ketones is 1. The standard InChI is InChI=1S/C17H12FNO4/c1-22-16-6-5-12(8-14(16)18)15(20)10-23-17(21)13-4-2-3-11(7-13)9-19/h2-8H,10H2,1H3. The lowest BCUT2D eigenvalue weighted by atomic mass is 10.1. The van der Waals surface area contributed by atoms with Crippen LogP contribution in [0.5, 0.6) is 5.75 Å². The summed E-state index contributed by atoms with van der Waals surface area (Å²) in [5.74, 6) is -1.93. The first-order chi connectivity index (χ1) is 11.0. The van der Waals surface area contributed by atoms with Crippen molar-refractivity contribution in [2.45, 2.75) is 0 Å². The Kier molecular flexibility index (Phi) is 5.05. The van der Waals surface area contributed by atoms with Crippen LogP contribution >= 0.6 is 0 Å². The summed E-state index contributed by atoms with van der Waals surface area (Å²) in [7, 11) is 1.32. The molecule has 5 nitrogen and oxygen atoms in total. The summed E-state index contributed by atoms with van der Waals surface area (Å²) in [4.78, 5) is 23.8. The third-order valence-corrected chi connectivity index (χ3v) is 3.04. The van der Waals surface area contributed by atoms with Gasteiger partial charge in [0.05, 0.1) is 24.3 Å². The van der Waals surface area contributed by atoms with Gasteiger partial charge in [0.25, 0.3) is 0 Å². The van der Waals surface area contributed by atoms with Gasteiger partial charge in [-0.1, -0.05) is 6.07 Å². The number of carbonyl (C=O) groups is 2. The molecule has 0 spiro atoms. The summed E-state index contributed by atoms with van der Waals surface area (Å²) in [6, 6.07) is 11.5. The zero-order chi connectivity index (χ0) is 16.8. The van der Waals surface area contributed by atoms with E-state index < -0.39 is 24.2 Å². The molecular formula is C17H12FNO4. The van der Waals surface area contributed by atoms with Gasteiger partial charge in [0.2, 0.25) is 0 Å². The fourth-order valence-electron chi connectivity index (χ4n) is 1.85. The first-order valence-electron chi connectivity index (χ1n) is 6.59. The number of Topliss-reactive ketones (excluding diaryl/α,β-unsaturated/α-hetero) is 1. The minimum absolute atomic E-state index is 0.0202. The van der Waals surface area contributed by atoms with Gasteiger partial charge < -0.3 is 9.47 Å². The van der Waals surface area contributed by atoms with Gasteiger partial charge in [-0.15, -0.1) is 0 Å². The molecular weight excluding hydrogens is 301 g/mol. The maximum atomic E-state index is 13.5. The molecule has 23 heavy (non-hydrogen) atoms. The summed E-state index contributed by atoms with van der Waals surface area (Å²) in [6.07, 6.45) is 0. The minimum atomic E-state index is -0.732. The fraction of sp³-hybridized carbons (Fsp3) is 0.118. The maximum Gasteiger partial charge on any atom is 0.338 e. The van der Waals surface area contributed by atoms with Crippen LogP contribution in [0.2, 0.25) is 0 Å². The number of benzene rings is 2. The summed E-state index contributed by atoms with van der Waals surface area (Å²) in [5.41, 5.74) is 0.544. The normalized spacial score (nSPS) is 9.78. The Hall–Kier alpha value is -3.20. The third kappa shape index (κ3) is 3.92. The van der Waals surface area contributed by atoms with Gasteiger partial charge in [-0.05, 0) is 36.4 Å². The molecule has 0 N–H and O–H groups in total. The molecule has 0 aliphatic carbocycles. The zero-order valence-corrected chi connectivity index (χ0v) is 12.2. The smallest absolute Gasteiger partial charge is 0.338 e. The summed E-state index contributed by atoms with van der Waals surface area (Å²) in [5, 5.41) is 8.78. The van der Waals surface area contributed by atoms with E-state index in [1.54, 1.807) is 6.07 Å². The predicted octanol–water partition coefficient (Wildman–Crippen LogP) is 2.75. The Labute approximate surface area is 131 Å². The molecule has 0 heterocycles. The number of hydrogen-bond donors (Lipinski definition) is 0. The molecule has 2 aromatic carbocycles. The topological polar surface area (TPSA) is 76.4 Å². The van der Waals surface area contributed by atoms with E-state index in [1.165, 1.54) is 37.4 Å². The van der Waals surface area contributed by atoms with Crippen LogP contribution in [0, 0.1) is 17.1 Å². The Morgan fingerprint density at radius 3 is 2.61 bits per heavy atom. The highest BCUT2D eigenvalue weighted by Gasteiger charge is 2.14. The summed E-state index contributed by atoms with van der Waals surface area (Å²) >= 11 is 0. The van der Waals surface area contributed by atoms with Crippen LogP contribution in [0.15, 0.2) is 42.5 Å². The fourth-order valence-corrected chi connectivity index (χ4v) is 1.85. The molecule has 0 unspecified atom stereocenters. The molecule has 6 heteroatoms. The quantitative estimate of drug-likeness (QED) is 0.626. The van der Waals surface area contributed by atoms with Crippen molar-refractivity contribution in [3.05, 3.63) is 65.0 Å². The lowest BCUT2D eigenvalue weighted by molar-refractivity contribution is 0.0474. The number of methoxy groups -OCH3 is 1. The first kappa shape index (κ1) is 16.2. The van der Waals surface area contributed by atoms with Crippen molar-refractivity contribution in [2.24, 2.45) is 0 Å². The molecule has 2 aromatic rings. The van der Waals surface area contributed by atoms with Crippen molar-refractivity contribution in [1.29, 1.82) is 5.26 Å². The van der Waals surface area contributed by atoms with E-state index in [0.717, 1.165) is 6.07 Å². The number of esters is 1. The van der Waals surface area contributed by atoms with Crippen LogP contribution < -0.4 is 4.74 Å². The van der Waals surface area contributed by atoms with Crippen molar-refractivity contribution in [2.75, 3.05) is 13.7 Å². The Morgan fingerprint density at radius 1 is 1.17 bits per heavy atom. The number of carbonyl (C=O) groups excluding carboxylic acids is 2. The van der Waals surface area contributed by atoms with E-state index in [-0.39, 0.29) is 16.9 Å². The number of nitrogens with zero attached hydrogens (tertiary/aromatic N) is 1. The first-order valence-corrected chi connectivity index (χ1v) is 6.59. The van der Waals surface area contributed by atoms with E-state index in [9.17, 15) is 14.0 Å². The van der Waals surface area contributed by atoms with Crippen LogP contribution in [-0.2, 0) is 4.74 Å². The lowest BCUT2D eigenvalue weighted by Crippen LogP contribution is -2.14. The molecule has 0 saturated heterocycles. The van der Waals surface area contributed by atoms with Crippen LogP contribution in [-0.4, -0.2) is 25.5 Å². The largest absolute Gasteiger partial charge is 0.494 e. The number of rotatable bonds is 5. The van der Waals surface area contributed by atoms with E-state index in [4.69, 9.17) is 14.7 Å². The van der Waals surface area contributed by atoms with Gasteiger partial charge in [-0.3, -0.25) is 4.79 Å². The highest BCUT2D eigenvalue weighted by atomic mass is 19.1. The second-order valence-electron chi connectivity index (χ2n) is 4.54. The van der Waals surface area contributed by atoms with Gasteiger partial charge in [-0.25, -0.2) is 9.18 Å². The summed E-state index contributed by atoms with van der Waals surface area (Å²) < 4.78 is 23.2. The molecule has 0 aromatic heterocycles. The number of hydrogen-bond acceptors (Lipinski definition) is 5. The predicted molar refractivity (Wildman–Crippen MR) is 78.7 cm³/mol. The lowest BCUT2D eigenvalue weighted by Gasteiger charge is -2.06. The Bertz CT molecular complexity index is 795. The maximum absolute atomic E-state index is 13.5. The van der Waals surface area contributed by atoms with Crippen molar-refractivity contribution >= 4 is 11.8 Å². The Balaban J connectivity index is 2.02. The molecule has 0 amide bonds. The van der Waals surface area contributed by atoms with E-state index >= 15 is 0 Å². The molecule has 0 fully saturated rings. The van der Waals surface area contributed by atoms with Crippen LogP contribution in [0.3, 0.4) is 0 Å². The van der Waals surface area contributed by atoms with Crippen molar-refractivity contribution in [1.82, 2.24) is 0 Å². The van der Waals surface area contributed by atoms with Gasteiger partial charge in [0, 0.05) is 5.56 Å². The molecule has 0 bridgehead atoms. The minimum Gasteiger partial charge on any atom is -0.494 e. The molecule has 116 valence electrons. The third-order valence-electron chi connectivity index (χ3n) is 3.04. The van der Waals surface area contributed by atoms with Crippen LogP contribution in [0.4, 0.5) is 4.39 Å². The number of halogens is 1. The van der Waals surface area contributed by atoms with Crippen molar-refractivity contribution in [3.8, 4) is 11.8 Å². The van der Waals surface area contributed by atoms with Crippen molar-refractivity contribution < 1.29 is 23.5 Å². The second-order valence-corrected chi connectivity index (χ2v) is 4.54. The molecule has 0 atom stereocenters.